The Hall–Kier alpha value is -1.50. The second-order valence-corrected chi connectivity index (χ2v) is 10.0. The minimum atomic E-state index is -3.23. The van der Waals surface area contributed by atoms with Crippen molar-refractivity contribution in [1.29, 1.82) is 0 Å². The molecule has 2 aromatic rings. The van der Waals surface area contributed by atoms with E-state index >= 15 is 0 Å². The summed E-state index contributed by atoms with van der Waals surface area (Å²) in [4.78, 5) is 14.0. The molecule has 2 atom stereocenters. The van der Waals surface area contributed by atoms with Crippen molar-refractivity contribution in [3.05, 3.63) is 59.1 Å². The molecule has 0 bridgehead atoms. The first kappa shape index (κ1) is 21.8. The van der Waals surface area contributed by atoms with Crippen LogP contribution in [-0.4, -0.2) is 25.8 Å². The lowest BCUT2D eigenvalue weighted by molar-refractivity contribution is -0.121. The number of thioether (sulfide) groups is 1. The third kappa shape index (κ3) is 6.26. The Labute approximate surface area is 170 Å². The zero-order chi connectivity index (χ0) is 20.0. The topological polar surface area (TPSA) is 63.2 Å². The van der Waals surface area contributed by atoms with Crippen molar-refractivity contribution in [2.24, 2.45) is 0 Å². The third-order valence-electron chi connectivity index (χ3n) is 4.19. The van der Waals surface area contributed by atoms with Crippen LogP contribution < -0.4 is 5.32 Å². The molecule has 27 heavy (non-hydrogen) atoms. The van der Waals surface area contributed by atoms with Gasteiger partial charge in [-0.2, -0.15) is 0 Å². The molecule has 1 N–H and O–H groups in total. The lowest BCUT2D eigenvalue weighted by Gasteiger charge is -2.21. The van der Waals surface area contributed by atoms with Crippen LogP contribution in [-0.2, 0) is 14.6 Å². The first-order valence-corrected chi connectivity index (χ1v) is 11.9. The Morgan fingerprint density at radius 3 is 2.11 bits per heavy atom. The van der Waals surface area contributed by atoms with Gasteiger partial charge in [-0.1, -0.05) is 37.6 Å². The highest BCUT2D eigenvalue weighted by Crippen LogP contribution is 2.28. The summed E-state index contributed by atoms with van der Waals surface area (Å²) in [6, 6.07) is 14.0. The van der Waals surface area contributed by atoms with Crippen molar-refractivity contribution < 1.29 is 13.2 Å². The summed E-state index contributed by atoms with van der Waals surface area (Å²) in [7, 11) is -3.23. The number of hydrogen-bond donors (Lipinski definition) is 1. The number of halogens is 1. The van der Waals surface area contributed by atoms with Crippen LogP contribution >= 0.6 is 23.4 Å². The van der Waals surface area contributed by atoms with Crippen LogP contribution in [0.3, 0.4) is 0 Å². The van der Waals surface area contributed by atoms with Gasteiger partial charge >= 0.3 is 0 Å². The normalized spacial score (nSPS) is 13.8. The molecule has 0 aliphatic heterocycles. The van der Waals surface area contributed by atoms with Gasteiger partial charge in [-0.25, -0.2) is 8.42 Å². The number of carbonyl (C=O) groups is 1. The summed E-state index contributed by atoms with van der Waals surface area (Å²) in [6.45, 7) is 3.97. The smallest absolute Gasteiger partial charge is 0.233 e. The van der Waals surface area contributed by atoms with E-state index < -0.39 is 9.84 Å². The molecule has 0 fully saturated rings. The molecule has 2 rings (SSSR count). The molecule has 146 valence electrons. The maximum atomic E-state index is 12.8. The van der Waals surface area contributed by atoms with Gasteiger partial charge in [-0.3, -0.25) is 4.79 Å². The van der Waals surface area contributed by atoms with E-state index in [-0.39, 0.29) is 22.1 Å². The van der Waals surface area contributed by atoms with Crippen LogP contribution in [0.4, 0.5) is 0 Å². The van der Waals surface area contributed by atoms with Crippen molar-refractivity contribution in [1.82, 2.24) is 5.32 Å². The van der Waals surface area contributed by atoms with E-state index in [2.05, 4.69) is 5.32 Å². The molecular formula is C20H24ClNO3S2. The second-order valence-electron chi connectivity index (χ2n) is 6.28. The van der Waals surface area contributed by atoms with E-state index in [1.807, 2.05) is 38.1 Å². The van der Waals surface area contributed by atoms with Gasteiger partial charge < -0.3 is 5.32 Å². The van der Waals surface area contributed by atoms with E-state index in [1.54, 1.807) is 24.3 Å². The number of carbonyl (C=O) groups excluding carboxylic acids is 1. The fourth-order valence-electron chi connectivity index (χ4n) is 2.63. The number of benzene rings is 2. The number of hydrogen-bond acceptors (Lipinski definition) is 4. The molecule has 0 unspecified atom stereocenters. The highest BCUT2D eigenvalue weighted by Gasteiger charge is 2.21. The Morgan fingerprint density at radius 1 is 1.04 bits per heavy atom. The molecule has 0 saturated carbocycles. The highest BCUT2D eigenvalue weighted by molar-refractivity contribution is 8.00. The lowest BCUT2D eigenvalue weighted by atomic mass is 10.0. The minimum absolute atomic E-state index is 0.0310. The monoisotopic (exact) mass is 425 g/mol. The molecule has 0 saturated heterocycles. The van der Waals surface area contributed by atoms with E-state index in [4.69, 9.17) is 11.6 Å². The number of amides is 1. The summed E-state index contributed by atoms with van der Waals surface area (Å²) in [6.07, 6.45) is 2.59. The van der Waals surface area contributed by atoms with Gasteiger partial charge in [0.1, 0.15) is 0 Å². The Balaban J connectivity index is 2.09. The van der Waals surface area contributed by atoms with Crippen LogP contribution in [0.25, 0.3) is 0 Å². The Kier molecular flexibility index (Phi) is 7.77. The van der Waals surface area contributed by atoms with E-state index in [0.29, 0.717) is 17.9 Å². The zero-order valence-electron chi connectivity index (χ0n) is 15.6. The van der Waals surface area contributed by atoms with Gasteiger partial charge in [0, 0.05) is 16.2 Å². The summed E-state index contributed by atoms with van der Waals surface area (Å²) in [5.41, 5.74) is 0.893. The second kappa shape index (κ2) is 9.62. The van der Waals surface area contributed by atoms with Crippen molar-refractivity contribution in [2.45, 2.75) is 47.8 Å². The number of rotatable bonds is 8. The Morgan fingerprint density at radius 2 is 1.63 bits per heavy atom. The fraction of sp³-hybridized carbons (Fsp3) is 0.350. The minimum Gasteiger partial charge on any atom is -0.348 e. The van der Waals surface area contributed by atoms with Gasteiger partial charge in [0.2, 0.25) is 5.91 Å². The standard InChI is InChI=1S/C20H24ClNO3S2/c1-4-18(14-6-12-17(13-7-14)27(3,24)25)22-20(23)19(5-2)26-16-10-8-15(21)9-11-16/h6-13,18-19H,4-5H2,1-3H3,(H,22,23)/t18-,19-/m1/s1. The van der Waals surface area contributed by atoms with Gasteiger partial charge in [0.25, 0.3) is 0 Å². The molecule has 0 aliphatic carbocycles. The maximum Gasteiger partial charge on any atom is 0.233 e. The lowest BCUT2D eigenvalue weighted by Crippen LogP contribution is -2.35. The summed E-state index contributed by atoms with van der Waals surface area (Å²) in [5, 5.41) is 3.54. The molecule has 0 heterocycles. The molecule has 1 amide bonds. The molecule has 0 radical (unpaired) electrons. The van der Waals surface area contributed by atoms with Crippen molar-refractivity contribution >= 4 is 39.1 Å². The van der Waals surface area contributed by atoms with E-state index in [0.717, 1.165) is 10.5 Å². The Bertz CT molecular complexity index is 865. The molecular weight excluding hydrogens is 402 g/mol. The van der Waals surface area contributed by atoms with Crippen molar-refractivity contribution in [3.63, 3.8) is 0 Å². The van der Waals surface area contributed by atoms with Crippen LogP contribution in [0, 0.1) is 0 Å². The fourth-order valence-corrected chi connectivity index (χ4v) is 4.35. The van der Waals surface area contributed by atoms with Gasteiger partial charge in [0.05, 0.1) is 16.2 Å². The molecule has 2 aromatic carbocycles. The van der Waals surface area contributed by atoms with E-state index in [1.165, 1.54) is 18.0 Å². The van der Waals surface area contributed by atoms with E-state index in [9.17, 15) is 13.2 Å². The quantitative estimate of drug-likeness (QED) is 0.612. The van der Waals surface area contributed by atoms with Crippen molar-refractivity contribution in [2.75, 3.05) is 6.26 Å². The molecule has 7 heteroatoms. The maximum absolute atomic E-state index is 12.8. The summed E-state index contributed by atoms with van der Waals surface area (Å²) >= 11 is 7.42. The van der Waals surface area contributed by atoms with Gasteiger partial charge in [-0.15, -0.1) is 11.8 Å². The number of sulfone groups is 1. The van der Waals surface area contributed by atoms with Crippen LogP contribution in [0.2, 0.25) is 5.02 Å². The van der Waals surface area contributed by atoms with Crippen molar-refractivity contribution in [3.8, 4) is 0 Å². The SMILES string of the molecule is CC[C@@H](Sc1ccc(Cl)cc1)C(=O)N[C@H](CC)c1ccc(S(C)(=O)=O)cc1. The molecule has 0 aliphatic rings. The molecule has 0 aromatic heterocycles. The first-order chi connectivity index (χ1) is 12.7. The summed E-state index contributed by atoms with van der Waals surface area (Å²) in [5.74, 6) is -0.0310. The largest absolute Gasteiger partial charge is 0.348 e. The first-order valence-electron chi connectivity index (χ1n) is 8.77. The molecule has 0 spiro atoms. The molecule has 4 nitrogen and oxygen atoms in total. The number of nitrogens with one attached hydrogen (secondary N) is 1. The zero-order valence-corrected chi connectivity index (χ0v) is 18.0. The predicted molar refractivity (Wildman–Crippen MR) is 112 cm³/mol. The predicted octanol–water partition coefficient (Wildman–Crippen LogP) is 4.88. The van der Waals surface area contributed by atoms with Gasteiger partial charge in [0.15, 0.2) is 9.84 Å². The average Bonchev–Trinajstić information content (AvgIpc) is 2.64. The van der Waals surface area contributed by atoms with Gasteiger partial charge in [-0.05, 0) is 54.8 Å². The van der Waals surface area contributed by atoms with Crippen LogP contribution in [0.5, 0.6) is 0 Å². The summed E-state index contributed by atoms with van der Waals surface area (Å²) < 4.78 is 23.2. The third-order valence-corrected chi connectivity index (χ3v) is 6.95. The highest BCUT2D eigenvalue weighted by atomic mass is 35.5. The average molecular weight is 426 g/mol. The van der Waals surface area contributed by atoms with Crippen LogP contribution in [0.15, 0.2) is 58.3 Å². The van der Waals surface area contributed by atoms with Crippen LogP contribution in [0.1, 0.15) is 38.3 Å².